The molecule has 1 rings (SSSR count). The Hall–Kier alpha value is -1.37. The molecular weight excluding hydrogens is 206 g/mol. The molecular formula is C7H11N3O3S. The minimum atomic E-state index is -3.73. The van der Waals surface area contributed by atoms with Crippen molar-refractivity contribution in [3.63, 3.8) is 0 Å². The van der Waals surface area contributed by atoms with Gasteiger partial charge in [-0.3, -0.25) is 9.48 Å². The second-order valence-corrected chi connectivity index (χ2v) is 4.74. The van der Waals surface area contributed by atoms with Crippen LogP contribution in [-0.2, 0) is 16.4 Å². The van der Waals surface area contributed by atoms with Crippen LogP contribution in [0.4, 0.5) is 5.82 Å². The molecule has 0 radical (unpaired) electrons. The predicted octanol–water partition coefficient (Wildman–Crippen LogP) is -0.330. The van der Waals surface area contributed by atoms with Gasteiger partial charge in [0.2, 0.25) is 9.84 Å². The van der Waals surface area contributed by atoms with Gasteiger partial charge >= 0.3 is 0 Å². The van der Waals surface area contributed by atoms with Crippen molar-refractivity contribution in [2.75, 3.05) is 12.0 Å². The van der Waals surface area contributed by atoms with Gasteiger partial charge < -0.3 is 5.73 Å². The fourth-order valence-corrected chi connectivity index (χ4v) is 1.58. The van der Waals surface area contributed by atoms with Crippen LogP contribution in [0.3, 0.4) is 0 Å². The van der Waals surface area contributed by atoms with Crippen molar-refractivity contribution in [2.24, 2.45) is 0 Å². The van der Waals surface area contributed by atoms with Crippen LogP contribution in [0.1, 0.15) is 17.4 Å². The number of carbonyl (C=O) groups is 1. The summed E-state index contributed by atoms with van der Waals surface area (Å²) >= 11 is 0. The Morgan fingerprint density at radius 3 is 2.64 bits per heavy atom. The molecule has 7 heteroatoms. The Morgan fingerprint density at radius 2 is 2.21 bits per heavy atom. The van der Waals surface area contributed by atoms with E-state index in [0.29, 0.717) is 6.54 Å². The molecule has 0 spiro atoms. The maximum atomic E-state index is 11.4. The Kier molecular flexibility index (Phi) is 2.61. The number of hydrogen-bond acceptors (Lipinski definition) is 5. The molecule has 1 aromatic heterocycles. The standard InChI is InChI=1S/C7H11N3O3S/c1-3-10-5(4-6(8)9-10)7(11)14(2,12)13/h4H,3H2,1-2H3,(H2,8,9). The number of sulfone groups is 1. The van der Waals surface area contributed by atoms with Crippen LogP contribution < -0.4 is 5.73 Å². The number of hydrogen-bond donors (Lipinski definition) is 1. The zero-order chi connectivity index (χ0) is 10.9. The number of aryl methyl sites for hydroxylation is 1. The smallest absolute Gasteiger partial charge is 0.294 e. The van der Waals surface area contributed by atoms with E-state index in [9.17, 15) is 13.2 Å². The Labute approximate surface area is 81.6 Å². The summed E-state index contributed by atoms with van der Waals surface area (Å²) in [6, 6.07) is 1.26. The van der Waals surface area contributed by atoms with Crippen LogP contribution >= 0.6 is 0 Å². The van der Waals surface area contributed by atoms with Gasteiger partial charge in [0.1, 0.15) is 11.5 Å². The highest BCUT2D eigenvalue weighted by Crippen LogP contribution is 2.09. The van der Waals surface area contributed by atoms with Crippen LogP contribution in [0.5, 0.6) is 0 Å². The van der Waals surface area contributed by atoms with Crippen molar-refractivity contribution in [1.29, 1.82) is 0 Å². The maximum absolute atomic E-state index is 11.4. The topological polar surface area (TPSA) is 95.1 Å². The van der Waals surface area contributed by atoms with E-state index in [-0.39, 0.29) is 11.5 Å². The number of carbonyl (C=O) groups excluding carboxylic acids is 1. The van der Waals surface area contributed by atoms with Crippen molar-refractivity contribution in [3.05, 3.63) is 11.8 Å². The van der Waals surface area contributed by atoms with Gasteiger partial charge in [0.05, 0.1) is 0 Å². The van der Waals surface area contributed by atoms with Crippen molar-refractivity contribution in [2.45, 2.75) is 13.5 Å². The van der Waals surface area contributed by atoms with Crippen LogP contribution in [0.25, 0.3) is 0 Å². The predicted molar refractivity (Wildman–Crippen MR) is 51.5 cm³/mol. The summed E-state index contributed by atoms with van der Waals surface area (Å²) in [5, 5.41) is 2.82. The summed E-state index contributed by atoms with van der Waals surface area (Å²) in [7, 11) is -3.73. The molecule has 0 saturated carbocycles. The molecule has 78 valence electrons. The van der Waals surface area contributed by atoms with Gasteiger partial charge in [-0.25, -0.2) is 8.42 Å². The summed E-state index contributed by atoms with van der Waals surface area (Å²) in [4.78, 5) is 11.4. The Balaban J connectivity index is 3.26. The average molecular weight is 217 g/mol. The fraction of sp³-hybridized carbons (Fsp3) is 0.429. The third-order valence-corrected chi connectivity index (χ3v) is 2.53. The molecule has 0 aliphatic heterocycles. The third-order valence-electron chi connectivity index (χ3n) is 1.64. The molecule has 1 aromatic rings. The minimum Gasteiger partial charge on any atom is -0.382 e. The van der Waals surface area contributed by atoms with Crippen molar-refractivity contribution < 1.29 is 13.2 Å². The minimum absolute atomic E-state index is 0.00694. The maximum Gasteiger partial charge on any atom is 0.294 e. The zero-order valence-electron chi connectivity index (χ0n) is 7.89. The highest BCUT2D eigenvalue weighted by molar-refractivity contribution is 8.06. The molecule has 0 aliphatic rings. The number of nitrogen functional groups attached to an aromatic ring is 1. The van der Waals surface area contributed by atoms with Gasteiger partial charge in [0, 0.05) is 18.9 Å². The van der Waals surface area contributed by atoms with E-state index < -0.39 is 15.0 Å². The SMILES string of the molecule is CCn1nc(N)cc1C(=O)S(C)(=O)=O. The average Bonchev–Trinajstić information content (AvgIpc) is 2.43. The quantitative estimate of drug-likeness (QED) is 0.731. The normalized spacial score (nSPS) is 11.6. The molecule has 1 heterocycles. The molecule has 0 fully saturated rings. The highest BCUT2D eigenvalue weighted by Gasteiger charge is 2.22. The van der Waals surface area contributed by atoms with E-state index in [4.69, 9.17) is 5.73 Å². The van der Waals surface area contributed by atoms with Crippen LogP contribution in [0.2, 0.25) is 0 Å². The fourth-order valence-electron chi connectivity index (χ4n) is 1.03. The number of nitrogens with zero attached hydrogens (tertiary/aromatic N) is 2. The number of nitrogens with two attached hydrogens (primary N) is 1. The molecule has 0 aromatic carbocycles. The first kappa shape index (κ1) is 10.7. The first-order valence-electron chi connectivity index (χ1n) is 3.94. The van der Waals surface area contributed by atoms with Gasteiger partial charge in [-0.15, -0.1) is 0 Å². The molecule has 0 amide bonds. The lowest BCUT2D eigenvalue weighted by Gasteiger charge is -2.00. The molecule has 0 aliphatic carbocycles. The third kappa shape index (κ3) is 1.92. The number of rotatable bonds is 2. The first-order valence-corrected chi connectivity index (χ1v) is 5.83. The van der Waals surface area contributed by atoms with E-state index >= 15 is 0 Å². The van der Waals surface area contributed by atoms with E-state index in [1.165, 1.54) is 10.7 Å². The second kappa shape index (κ2) is 3.41. The van der Waals surface area contributed by atoms with E-state index in [1.54, 1.807) is 6.92 Å². The second-order valence-electron chi connectivity index (χ2n) is 2.83. The molecule has 14 heavy (non-hydrogen) atoms. The lowest BCUT2D eigenvalue weighted by Crippen LogP contribution is -2.17. The summed E-state index contributed by atoms with van der Waals surface area (Å²) in [5.41, 5.74) is 5.36. The Bertz CT molecular complexity index is 461. The molecule has 0 unspecified atom stereocenters. The van der Waals surface area contributed by atoms with Gasteiger partial charge in [-0.05, 0) is 6.92 Å². The van der Waals surface area contributed by atoms with Crippen molar-refractivity contribution in [3.8, 4) is 0 Å². The van der Waals surface area contributed by atoms with Crippen molar-refractivity contribution in [1.82, 2.24) is 9.78 Å². The molecule has 6 nitrogen and oxygen atoms in total. The van der Waals surface area contributed by atoms with Gasteiger partial charge in [0.15, 0.2) is 0 Å². The zero-order valence-corrected chi connectivity index (χ0v) is 8.71. The summed E-state index contributed by atoms with van der Waals surface area (Å²) in [5.74, 6) is 0.138. The molecule has 2 N–H and O–H groups in total. The molecule has 0 atom stereocenters. The summed E-state index contributed by atoms with van der Waals surface area (Å²) in [6.45, 7) is 2.14. The lowest BCUT2D eigenvalue weighted by atomic mass is 10.4. The first-order chi connectivity index (χ1) is 6.36. The monoisotopic (exact) mass is 217 g/mol. The highest BCUT2D eigenvalue weighted by atomic mass is 32.2. The van der Waals surface area contributed by atoms with Gasteiger partial charge in [-0.1, -0.05) is 0 Å². The van der Waals surface area contributed by atoms with Gasteiger partial charge in [-0.2, -0.15) is 5.10 Å². The van der Waals surface area contributed by atoms with Gasteiger partial charge in [0.25, 0.3) is 5.12 Å². The largest absolute Gasteiger partial charge is 0.382 e. The Morgan fingerprint density at radius 1 is 1.64 bits per heavy atom. The van der Waals surface area contributed by atoms with Crippen LogP contribution in [0.15, 0.2) is 6.07 Å². The number of aromatic nitrogens is 2. The number of anilines is 1. The molecule has 0 saturated heterocycles. The van der Waals surface area contributed by atoms with Crippen LogP contribution in [-0.4, -0.2) is 29.6 Å². The van der Waals surface area contributed by atoms with E-state index in [1.807, 2.05) is 0 Å². The summed E-state index contributed by atoms with van der Waals surface area (Å²) < 4.78 is 23.2. The lowest BCUT2D eigenvalue weighted by molar-refractivity contribution is 0.106. The van der Waals surface area contributed by atoms with Crippen molar-refractivity contribution >= 4 is 20.8 Å². The van der Waals surface area contributed by atoms with Crippen LogP contribution in [0, 0.1) is 0 Å². The van der Waals surface area contributed by atoms with E-state index in [0.717, 1.165) is 6.26 Å². The van der Waals surface area contributed by atoms with E-state index in [2.05, 4.69) is 5.10 Å². The molecule has 0 bridgehead atoms. The summed E-state index contributed by atoms with van der Waals surface area (Å²) in [6.07, 6.45) is 0.860.